The van der Waals surface area contributed by atoms with E-state index in [1.165, 1.54) is 49.6 Å². The third-order valence-corrected chi connectivity index (χ3v) is 11.7. The zero-order valence-electron chi connectivity index (χ0n) is 23.0. The smallest absolute Gasteiger partial charge is 0.302 e. The third-order valence-electron chi connectivity index (χ3n) is 6.05. The van der Waals surface area contributed by atoms with Gasteiger partial charge in [-0.25, -0.2) is 0 Å². The molecule has 0 saturated carbocycles. The molecule has 0 aromatic heterocycles. The van der Waals surface area contributed by atoms with Crippen molar-refractivity contribution >= 4 is 34.5 Å². The highest BCUT2D eigenvalue weighted by atomic mass is 32.2. The van der Waals surface area contributed by atoms with Gasteiger partial charge < -0.3 is 33.2 Å². The van der Waals surface area contributed by atoms with E-state index < -0.39 is 24.2 Å². The minimum atomic E-state index is -3.76. The summed E-state index contributed by atoms with van der Waals surface area (Å²) in [4.78, 5) is 11.8. The number of ether oxygens (including phenoxy) is 7. The molecule has 0 N–H and O–H groups in total. The van der Waals surface area contributed by atoms with Crippen LogP contribution in [0.15, 0.2) is 24.3 Å². The summed E-state index contributed by atoms with van der Waals surface area (Å²) in [5, 5.41) is 1.32. The molecule has 212 valence electrons. The van der Waals surface area contributed by atoms with Crippen molar-refractivity contribution < 1.29 is 50.6 Å². The zero-order valence-corrected chi connectivity index (χ0v) is 24.9. The number of hydrogen-bond donors (Lipinski definition) is 0. The van der Waals surface area contributed by atoms with Crippen molar-refractivity contribution in [3.63, 3.8) is 0 Å². The summed E-state index contributed by atoms with van der Waals surface area (Å²) in [6, 6.07) is 7.35. The van der Waals surface area contributed by atoms with E-state index >= 15 is 0 Å². The molecular weight excluding hydrogens is 536 g/mol. The largest absolute Gasteiger partial charge is 0.497 e. The van der Waals surface area contributed by atoms with Gasteiger partial charge in [-0.1, -0.05) is 0 Å². The van der Waals surface area contributed by atoms with E-state index in [2.05, 4.69) is 0 Å². The van der Waals surface area contributed by atoms with Gasteiger partial charge in [-0.15, -0.1) is 0 Å². The van der Waals surface area contributed by atoms with Gasteiger partial charge in [0.05, 0.1) is 62.1 Å². The van der Waals surface area contributed by atoms with E-state index in [4.69, 9.17) is 37.3 Å². The Morgan fingerprint density at radius 1 is 0.684 bits per heavy atom. The first kappa shape index (κ1) is 31.1. The van der Waals surface area contributed by atoms with E-state index in [9.17, 15) is 13.2 Å². The molecule has 2 rings (SSSR count). The quantitative estimate of drug-likeness (QED) is 0.176. The van der Waals surface area contributed by atoms with Gasteiger partial charge in [-0.2, -0.15) is 8.42 Å². The first-order valence-corrected chi connectivity index (χ1v) is 15.8. The second kappa shape index (κ2) is 13.6. The SMILES string of the molecule is COc1cc(OC)c([Si](CCOC(C)=O)(CCOS(C)(=O)=O)c2c(OC)cc(OC)cc2OC)c(OC)c1. The molecule has 0 heterocycles. The zero-order chi connectivity index (χ0) is 28.5. The lowest BCUT2D eigenvalue weighted by atomic mass is 10.3. The maximum absolute atomic E-state index is 11.9. The Morgan fingerprint density at radius 3 is 1.34 bits per heavy atom. The number of carbonyl (C=O) groups is 1. The molecule has 0 atom stereocenters. The lowest BCUT2D eigenvalue weighted by Crippen LogP contribution is -2.60. The summed E-state index contributed by atoms with van der Waals surface area (Å²) in [5.41, 5.74) is 0. The van der Waals surface area contributed by atoms with Crippen LogP contribution >= 0.6 is 0 Å². The molecule has 38 heavy (non-hydrogen) atoms. The van der Waals surface area contributed by atoms with Crippen LogP contribution in [0.4, 0.5) is 0 Å². The maximum atomic E-state index is 11.9. The standard InChI is InChI=1S/C25H36O11SSi/c1-17(26)35-9-11-38(12-10-36-37(8,27)28,24-20(31-4)13-18(29-2)14-21(24)32-5)25-22(33-6)15-19(30-3)16-23(25)34-7/h13-16H,9-12H2,1-8H3. The summed E-state index contributed by atoms with van der Waals surface area (Å²) in [5.74, 6) is 2.29. The average Bonchev–Trinajstić information content (AvgIpc) is 2.89. The van der Waals surface area contributed by atoms with Crippen molar-refractivity contribution in [3.05, 3.63) is 24.3 Å². The molecule has 0 spiro atoms. The van der Waals surface area contributed by atoms with Crippen LogP contribution in [0, 0.1) is 0 Å². The number of methoxy groups -OCH3 is 6. The van der Waals surface area contributed by atoms with Crippen molar-refractivity contribution in [1.29, 1.82) is 0 Å². The van der Waals surface area contributed by atoms with Crippen LogP contribution in [0.1, 0.15) is 6.92 Å². The second-order valence-corrected chi connectivity index (χ2v) is 14.1. The summed E-state index contributed by atoms with van der Waals surface area (Å²) in [6.07, 6.45) is 0.984. The summed E-state index contributed by atoms with van der Waals surface area (Å²) in [6.45, 7) is 1.18. The van der Waals surface area contributed by atoms with Gasteiger partial charge >= 0.3 is 5.97 Å². The van der Waals surface area contributed by atoms with Gasteiger partial charge in [0.1, 0.15) is 42.6 Å². The number of carbonyl (C=O) groups excluding carboxylic acids is 1. The van der Waals surface area contributed by atoms with E-state index in [1.54, 1.807) is 24.3 Å². The van der Waals surface area contributed by atoms with Gasteiger partial charge in [0, 0.05) is 41.6 Å². The molecule has 13 heteroatoms. The second-order valence-electron chi connectivity index (χ2n) is 8.26. The highest BCUT2D eigenvalue weighted by molar-refractivity contribution is 7.86. The predicted molar refractivity (Wildman–Crippen MR) is 144 cm³/mol. The molecule has 0 amide bonds. The van der Waals surface area contributed by atoms with Crippen molar-refractivity contribution in [3.8, 4) is 34.5 Å². The van der Waals surface area contributed by atoms with Crippen molar-refractivity contribution in [2.75, 3.05) is 62.1 Å². The van der Waals surface area contributed by atoms with Crippen LogP contribution in [0.2, 0.25) is 12.1 Å². The minimum Gasteiger partial charge on any atom is -0.497 e. The van der Waals surface area contributed by atoms with Crippen LogP contribution in [-0.2, 0) is 23.8 Å². The molecule has 0 aliphatic rings. The lowest BCUT2D eigenvalue weighted by Gasteiger charge is -2.36. The van der Waals surface area contributed by atoms with Gasteiger partial charge in [0.15, 0.2) is 0 Å². The molecule has 0 aliphatic carbocycles. The third kappa shape index (κ3) is 7.23. The summed E-state index contributed by atoms with van der Waals surface area (Å²) in [7, 11) is 2.01. The highest BCUT2D eigenvalue weighted by Gasteiger charge is 2.47. The molecule has 11 nitrogen and oxygen atoms in total. The van der Waals surface area contributed by atoms with E-state index in [-0.39, 0.29) is 25.3 Å². The number of benzene rings is 2. The van der Waals surface area contributed by atoms with Crippen molar-refractivity contribution in [2.24, 2.45) is 0 Å². The van der Waals surface area contributed by atoms with Crippen LogP contribution in [0.25, 0.3) is 0 Å². The molecule has 0 unspecified atom stereocenters. The Balaban J connectivity index is 3.06. The monoisotopic (exact) mass is 572 g/mol. The molecule has 0 fully saturated rings. The topological polar surface area (TPSA) is 125 Å². The fraction of sp³-hybridized carbons (Fsp3) is 0.480. The molecular formula is C25H36O11SSi. The van der Waals surface area contributed by atoms with Crippen molar-refractivity contribution in [2.45, 2.75) is 19.0 Å². The van der Waals surface area contributed by atoms with Crippen molar-refractivity contribution in [1.82, 2.24) is 0 Å². The summed E-state index contributed by atoms with van der Waals surface area (Å²) >= 11 is 0. The Bertz CT molecular complexity index is 1100. The van der Waals surface area contributed by atoms with Crippen LogP contribution in [-0.4, -0.2) is 84.6 Å². The molecule has 0 aliphatic heterocycles. The van der Waals surface area contributed by atoms with Crippen LogP contribution in [0.3, 0.4) is 0 Å². The molecule has 2 aromatic carbocycles. The normalized spacial score (nSPS) is 11.5. The van der Waals surface area contributed by atoms with E-state index in [0.29, 0.717) is 44.9 Å². The molecule has 2 aromatic rings. The Morgan fingerprint density at radius 2 is 1.05 bits per heavy atom. The maximum Gasteiger partial charge on any atom is 0.302 e. The highest BCUT2D eigenvalue weighted by Crippen LogP contribution is 2.37. The summed E-state index contributed by atoms with van der Waals surface area (Å²) < 4.78 is 68.7. The molecule has 0 saturated heterocycles. The first-order valence-electron chi connectivity index (χ1n) is 11.6. The predicted octanol–water partition coefficient (Wildman–Crippen LogP) is 1.84. The number of hydrogen-bond acceptors (Lipinski definition) is 11. The Hall–Kier alpha value is -3.16. The van der Waals surface area contributed by atoms with Gasteiger partial charge in [0.25, 0.3) is 10.1 Å². The Kier molecular flexibility index (Phi) is 11.1. The van der Waals surface area contributed by atoms with Gasteiger partial charge in [-0.3, -0.25) is 8.98 Å². The van der Waals surface area contributed by atoms with Gasteiger partial charge in [-0.05, 0) is 12.1 Å². The van der Waals surface area contributed by atoms with Crippen LogP contribution < -0.4 is 38.8 Å². The average molecular weight is 573 g/mol. The molecule has 0 radical (unpaired) electrons. The van der Waals surface area contributed by atoms with Gasteiger partial charge in [0.2, 0.25) is 0 Å². The number of rotatable bonds is 15. The fourth-order valence-corrected chi connectivity index (χ4v) is 9.96. The fourth-order valence-electron chi connectivity index (χ4n) is 4.44. The van der Waals surface area contributed by atoms with E-state index in [1.807, 2.05) is 0 Å². The van der Waals surface area contributed by atoms with Crippen LogP contribution in [0.5, 0.6) is 34.5 Å². The molecule has 0 bridgehead atoms. The first-order chi connectivity index (χ1) is 18.0. The van der Waals surface area contributed by atoms with E-state index in [0.717, 1.165) is 6.26 Å². The minimum absolute atomic E-state index is 0.0249. The lowest BCUT2D eigenvalue weighted by molar-refractivity contribution is -0.140. The Labute approximate surface area is 225 Å². The number of esters is 1.